The first kappa shape index (κ1) is 12.3. The molecular weight excluding hydrogens is 250 g/mol. The molecule has 4 nitrogen and oxygen atoms in total. The molecule has 0 atom stereocenters. The summed E-state index contributed by atoms with van der Waals surface area (Å²) in [6.07, 6.45) is 5.17. The Bertz CT molecular complexity index is 699. The van der Waals surface area contributed by atoms with Crippen molar-refractivity contribution < 1.29 is 4.74 Å². The van der Waals surface area contributed by atoms with Gasteiger partial charge in [0.2, 0.25) is 0 Å². The van der Waals surface area contributed by atoms with Gasteiger partial charge in [-0.25, -0.2) is 9.97 Å². The standard InChI is InChI=1S/C16H13N3O/c1-20-14-11-18-16(13-8-5-9-17-10-13)19-15(14)12-6-3-2-4-7-12/h2-11H,1H3. The van der Waals surface area contributed by atoms with Crippen molar-refractivity contribution in [3.63, 3.8) is 0 Å². The molecule has 4 heteroatoms. The Balaban J connectivity index is 2.13. The molecule has 0 aliphatic rings. The highest BCUT2D eigenvalue weighted by Crippen LogP contribution is 2.28. The maximum atomic E-state index is 5.35. The van der Waals surface area contributed by atoms with Crippen LogP contribution in [0.2, 0.25) is 0 Å². The van der Waals surface area contributed by atoms with Gasteiger partial charge in [0, 0.05) is 23.5 Å². The number of rotatable bonds is 3. The van der Waals surface area contributed by atoms with Crippen LogP contribution in [0.25, 0.3) is 22.6 Å². The zero-order valence-corrected chi connectivity index (χ0v) is 11.0. The van der Waals surface area contributed by atoms with E-state index in [9.17, 15) is 0 Å². The second-order valence-electron chi connectivity index (χ2n) is 4.22. The highest BCUT2D eigenvalue weighted by Gasteiger charge is 2.11. The zero-order chi connectivity index (χ0) is 13.8. The van der Waals surface area contributed by atoms with Gasteiger partial charge in [-0.05, 0) is 12.1 Å². The molecular formula is C16H13N3O. The van der Waals surface area contributed by atoms with Crippen LogP contribution in [-0.2, 0) is 0 Å². The Hall–Kier alpha value is -2.75. The summed E-state index contributed by atoms with van der Waals surface area (Å²) in [4.78, 5) is 13.0. The molecule has 0 radical (unpaired) electrons. The summed E-state index contributed by atoms with van der Waals surface area (Å²) in [5.74, 6) is 1.29. The van der Waals surface area contributed by atoms with Crippen LogP contribution in [0.3, 0.4) is 0 Å². The maximum Gasteiger partial charge on any atom is 0.163 e. The van der Waals surface area contributed by atoms with Crippen LogP contribution >= 0.6 is 0 Å². The summed E-state index contributed by atoms with van der Waals surface area (Å²) in [5.41, 5.74) is 2.66. The molecule has 0 unspecified atom stereocenters. The molecule has 1 aromatic carbocycles. The smallest absolute Gasteiger partial charge is 0.163 e. The fourth-order valence-corrected chi connectivity index (χ4v) is 1.96. The summed E-state index contributed by atoms with van der Waals surface area (Å²) in [5, 5.41) is 0. The number of hydrogen-bond donors (Lipinski definition) is 0. The second kappa shape index (κ2) is 5.48. The van der Waals surface area contributed by atoms with Crippen molar-refractivity contribution in [3.05, 3.63) is 61.1 Å². The average Bonchev–Trinajstić information content (AvgIpc) is 2.56. The Morgan fingerprint density at radius 1 is 0.900 bits per heavy atom. The van der Waals surface area contributed by atoms with Gasteiger partial charge in [-0.1, -0.05) is 30.3 Å². The molecule has 0 fully saturated rings. The van der Waals surface area contributed by atoms with Gasteiger partial charge in [-0.15, -0.1) is 0 Å². The Morgan fingerprint density at radius 3 is 2.40 bits per heavy atom. The van der Waals surface area contributed by atoms with E-state index in [1.807, 2.05) is 42.5 Å². The van der Waals surface area contributed by atoms with Crippen LogP contribution in [0.1, 0.15) is 0 Å². The lowest BCUT2D eigenvalue weighted by molar-refractivity contribution is 0.413. The molecule has 2 heterocycles. The lowest BCUT2D eigenvalue weighted by Crippen LogP contribution is -1.96. The van der Waals surface area contributed by atoms with Crippen molar-refractivity contribution in [2.75, 3.05) is 7.11 Å². The van der Waals surface area contributed by atoms with Gasteiger partial charge >= 0.3 is 0 Å². The number of ether oxygens (including phenoxy) is 1. The molecule has 0 aliphatic heterocycles. The van der Waals surface area contributed by atoms with E-state index in [1.165, 1.54) is 0 Å². The van der Waals surface area contributed by atoms with E-state index in [-0.39, 0.29) is 0 Å². The molecule has 0 spiro atoms. The SMILES string of the molecule is COc1cnc(-c2cccnc2)nc1-c1ccccc1. The molecule has 3 rings (SSSR count). The molecule has 0 bridgehead atoms. The Morgan fingerprint density at radius 2 is 1.70 bits per heavy atom. The number of methoxy groups -OCH3 is 1. The monoisotopic (exact) mass is 263 g/mol. The fraction of sp³-hybridized carbons (Fsp3) is 0.0625. The van der Waals surface area contributed by atoms with Gasteiger partial charge in [0.25, 0.3) is 0 Å². The van der Waals surface area contributed by atoms with Crippen molar-refractivity contribution in [1.82, 2.24) is 15.0 Å². The summed E-state index contributed by atoms with van der Waals surface area (Å²) in [6.45, 7) is 0. The summed E-state index contributed by atoms with van der Waals surface area (Å²) in [6, 6.07) is 13.7. The quantitative estimate of drug-likeness (QED) is 0.728. The Labute approximate surface area is 117 Å². The van der Waals surface area contributed by atoms with Crippen molar-refractivity contribution in [3.8, 4) is 28.4 Å². The van der Waals surface area contributed by atoms with Crippen molar-refractivity contribution >= 4 is 0 Å². The highest BCUT2D eigenvalue weighted by molar-refractivity contribution is 5.68. The number of benzene rings is 1. The van der Waals surface area contributed by atoms with Gasteiger partial charge in [0.05, 0.1) is 13.3 Å². The number of hydrogen-bond acceptors (Lipinski definition) is 4. The predicted octanol–water partition coefficient (Wildman–Crippen LogP) is 3.21. The Kier molecular flexibility index (Phi) is 3.37. The zero-order valence-electron chi connectivity index (χ0n) is 11.0. The third-order valence-electron chi connectivity index (χ3n) is 2.94. The number of aromatic nitrogens is 3. The minimum absolute atomic E-state index is 0.637. The van der Waals surface area contributed by atoms with Crippen LogP contribution in [0.5, 0.6) is 5.75 Å². The molecule has 0 saturated heterocycles. The molecule has 20 heavy (non-hydrogen) atoms. The van der Waals surface area contributed by atoms with Crippen molar-refractivity contribution in [2.24, 2.45) is 0 Å². The lowest BCUT2D eigenvalue weighted by atomic mass is 10.1. The van der Waals surface area contributed by atoms with E-state index >= 15 is 0 Å². The average molecular weight is 263 g/mol. The summed E-state index contributed by atoms with van der Waals surface area (Å²) < 4.78 is 5.35. The van der Waals surface area contributed by atoms with Crippen LogP contribution in [0, 0.1) is 0 Å². The second-order valence-corrected chi connectivity index (χ2v) is 4.22. The molecule has 2 aromatic heterocycles. The van der Waals surface area contributed by atoms with Crippen molar-refractivity contribution in [2.45, 2.75) is 0 Å². The maximum absolute atomic E-state index is 5.35. The fourth-order valence-electron chi connectivity index (χ4n) is 1.96. The number of nitrogens with zero attached hydrogens (tertiary/aromatic N) is 3. The molecule has 3 aromatic rings. The van der Waals surface area contributed by atoms with Gasteiger partial charge in [0.1, 0.15) is 5.69 Å². The third kappa shape index (κ3) is 2.36. The van der Waals surface area contributed by atoms with E-state index in [0.29, 0.717) is 11.6 Å². The van der Waals surface area contributed by atoms with E-state index in [4.69, 9.17) is 4.74 Å². The summed E-state index contributed by atoms with van der Waals surface area (Å²) in [7, 11) is 1.62. The van der Waals surface area contributed by atoms with E-state index in [0.717, 1.165) is 16.8 Å². The molecule has 98 valence electrons. The van der Waals surface area contributed by atoms with Crippen LogP contribution < -0.4 is 4.74 Å². The minimum atomic E-state index is 0.637. The van der Waals surface area contributed by atoms with Gasteiger partial charge < -0.3 is 4.74 Å². The van der Waals surface area contributed by atoms with Gasteiger partial charge in [-0.2, -0.15) is 0 Å². The van der Waals surface area contributed by atoms with Crippen LogP contribution in [-0.4, -0.2) is 22.1 Å². The third-order valence-corrected chi connectivity index (χ3v) is 2.94. The minimum Gasteiger partial charge on any atom is -0.493 e. The lowest BCUT2D eigenvalue weighted by Gasteiger charge is -2.09. The first-order valence-corrected chi connectivity index (χ1v) is 6.25. The van der Waals surface area contributed by atoms with Crippen LogP contribution in [0.15, 0.2) is 61.1 Å². The van der Waals surface area contributed by atoms with Crippen molar-refractivity contribution in [1.29, 1.82) is 0 Å². The first-order valence-electron chi connectivity index (χ1n) is 6.25. The van der Waals surface area contributed by atoms with E-state index in [1.54, 1.807) is 25.7 Å². The molecule has 0 N–H and O–H groups in total. The highest BCUT2D eigenvalue weighted by atomic mass is 16.5. The van der Waals surface area contributed by atoms with E-state index < -0.39 is 0 Å². The van der Waals surface area contributed by atoms with E-state index in [2.05, 4.69) is 15.0 Å². The molecule has 0 saturated carbocycles. The summed E-state index contributed by atoms with van der Waals surface area (Å²) >= 11 is 0. The molecule has 0 amide bonds. The van der Waals surface area contributed by atoms with Crippen LogP contribution in [0.4, 0.5) is 0 Å². The van der Waals surface area contributed by atoms with Gasteiger partial charge in [-0.3, -0.25) is 4.98 Å². The predicted molar refractivity (Wildman–Crippen MR) is 77.3 cm³/mol. The normalized spacial score (nSPS) is 10.2. The topological polar surface area (TPSA) is 47.9 Å². The number of pyridine rings is 1. The molecule has 0 aliphatic carbocycles. The first-order chi connectivity index (χ1) is 9.88. The largest absolute Gasteiger partial charge is 0.493 e. The van der Waals surface area contributed by atoms with Gasteiger partial charge in [0.15, 0.2) is 11.6 Å².